The van der Waals surface area contributed by atoms with Crippen LogP contribution in [0.5, 0.6) is 0 Å². The Balaban J connectivity index is 2.32. The molecule has 0 amide bonds. The molecule has 0 spiro atoms. The van der Waals surface area contributed by atoms with Crippen molar-refractivity contribution < 1.29 is 0 Å². The number of benzene rings is 1. The highest BCUT2D eigenvalue weighted by Crippen LogP contribution is 2.21. The first kappa shape index (κ1) is 15.9. The van der Waals surface area contributed by atoms with E-state index in [9.17, 15) is 0 Å². The fourth-order valence-corrected chi connectivity index (χ4v) is 2.10. The molecule has 0 atom stereocenters. The van der Waals surface area contributed by atoms with Crippen LogP contribution in [0.1, 0.15) is 12.0 Å². The highest BCUT2D eigenvalue weighted by molar-refractivity contribution is 6.35. The van der Waals surface area contributed by atoms with Gasteiger partial charge < -0.3 is 10.6 Å². The van der Waals surface area contributed by atoms with Crippen molar-refractivity contribution in [2.24, 2.45) is 4.99 Å². The van der Waals surface area contributed by atoms with Gasteiger partial charge in [0.2, 0.25) is 0 Å². The summed E-state index contributed by atoms with van der Waals surface area (Å²) in [4.78, 5) is 4.10. The number of rotatable bonds is 6. The quantitative estimate of drug-likeness (QED) is 0.366. The molecule has 5 heteroatoms. The Morgan fingerprint density at radius 3 is 2.79 bits per heavy atom. The van der Waals surface area contributed by atoms with Gasteiger partial charge in [-0.15, -0.1) is 6.58 Å². The fraction of sp³-hybridized carbons (Fsp3) is 0.357. The van der Waals surface area contributed by atoms with Crippen LogP contribution in [-0.2, 0) is 6.42 Å². The summed E-state index contributed by atoms with van der Waals surface area (Å²) >= 11 is 12.0. The Labute approximate surface area is 124 Å². The molecular formula is C14H19Cl2N3. The van der Waals surface area contributed by atoms with E-state index in [4.69, 9.17) is 23.2 Å². The Hall–Kier alpha value is -1.19. The van der Waals surface area contributed by atoms with Crippen molar-refractivity contribution >= 4 is 29.2 Å². The molecule has 0 aliphatic carbocycles. The van der Waals surface area contributed by atoms with E-state index in [-0.39, 0.29) is 0 Å². The first-order valence-corrected chi connectivity index (χ1v) is 6.92. The summed E-state index contributed by atoms with van der Waals surface area (Å²) in [5, 5.41) is 7.73. The number of hydrogen-bond donors (Lipinski definition) is 2. The van der Waals surface area contributed by atoms with Crippen LogP contribution >= 0.6 is 23.2 Å². The molecular weight excluding hydrogens is 281 g/mol. The second-order valence-electron chi connectivity index (χ2n) is 4.01. The average Bonchev–Trinajstić information content (AvgIpc) is 2.40. The molecule has 19 heavy (non-hydrogen) atoms. The van der Waals surface area contributed by atoms with Gasteiger partial charge in [0.25, 0.3) is 0 Å². The number of aliphatic imine (C=N–C) groups is 1. The summed E-state index contributed by atoms with van der Waals surface area (Å²) in [5.74, 6) is 0.780. The number of nitrogens with zero attached hydrogens (tertiary/aromatic N) is 1. The van der Waals surface area contributed by atoms with Crippen LogP contribution in [0.2, 0.25) is 10.0 Å². The lowest BCUT2D eigenvalue weighted by atomic mass is 10.1. The molecule has 0 aliphatic heterocycles. The van der Waals surface area contributed by atoms with Gasteiger partial charge in [-0.05, 0) is 30.5 Å². The van der Waals surface area contributed by atoms with Gasteiger partial charge in [0.05, 0.1) is 0 Å². The molecule has 0 saturated carbocycles. The Kier molecular flexibility index (Phi) is 7.38. The minimum Gasteiger partial charge on any atom is -0.356 e. The van der Waals surface area contributed by atoms with Crippen LogP contribution in [0.25, 0.3) is 0 Å². The summed E-state index contributed by atoms with van der Waals surface area (Å²) in [6.45, 7) is 5.18. The molecule has 0 saturated heterocycles. The maximum Gasteiger partial charge on any atom is 0.191 e. The van der Waals surface area contributed by atoms with E-state index in [1.807, 2.05) is 12.1 Å². The molecule has 0 aliphatic rings. The SMILES string of the molecule is C=CCNC(=NC)NCCCc1ccc(Cl)cc1Cl. The third kappa shape index (κ3) is 5.99. The molecule has 0 bridgehead atoms. The van der Waals surface area contributed by atoms with Gasteiger partial charge in [-0.25, -0.2) is 0 Å². The van der Waals surface area contributed by atoms with Crippen molar-refractivity contribution in [3.8, 4) is 0 Å². The zero-order valence-corrected chi connectivity index (χ0v) is 12.6. The molecule has 1 rings (SSSR count). The molecule has 0 radical (unpaired) electrons. The van der Waals surface area contributed by atoms with Gasteiger partial charge in [0.1, 0.15) is 0 Å². The first-order valence-electron chi connectivity index (χ1n) is 6.16. The third-order valence-electron chi connectivity index (χ3n) is 2.57. The fourth-order valence-electron chi connectivity index (χ4n) is 1.60. The predicted octanol–water partition coefficient (Wildman–Crippen LogP) is 3.28. The summed E-state index contributed by atoms with van der Waals surface area (Å²) in [6, 6.07) is 5.60. The van der Waals surface area contributed by atoms with Crippen LogP contribution < -0.4 is 10.6 Å². The standard InChI is InChI=1S/C14H19Cl2N3/c1-3-8-18-14(17-2)19-9-4-5-11-6-7-12(15)10-13(11)16/h3,6-7,10H,1,4-5,8-9H2,2H3,(H2,17,18,19). The van der Waals surface area contributed by atoms with Gasteiger partial charge in [0.15, 0.2) is 5.96 Å². The van der Waals surface area contributed by atoms with Gasteiger partial charge in [-0.1, -0.05) is 35.3 Å². The van der Waals surface area contributed by atoms with Gasteiger partial charge >= 0.3 is 0 Å². The van der Waals surface area contributed by atoms with E-state index in [1.165, 1.54) is 0 Å². The van der Waals surface area contributed by atoms with Crippen molar-refractivity contribution in [2.45, 2.75) is 12.8 Å². The van der Waals surface area contributed by atoms with Crippen LogP contribution in [0.15, 0.2) is 35.8 Å². The summed E-state index contributed by atoms with van der Waals surface area (Å²) in [6.07, 6.45) is 3.66. The second-order valence-corrected chi connectivity index (χ2v) is 4.85. The molecule has 0 heterocycles. The maximum absolute atomic E-state index is 6.11. The highest BCUT2D eigenvalue weighted by atomic mass is 35.5. The first-order chi connectivity index (χ1) is 9.17. The molecule has 2 N–H and O–H groups in total. The minimum absolute atomic E-state index is 0.668. The van der Waals surface area contributed by atoms with Crippen LogP contribution in [0.3, 0.4) is 0 Å². The molecule has 3 nitrogen and oxygen atoms in total. The smallest absolute Gasteiger partial charge is 0.191 e. The van der Waals surface area contributed by atoms with Gasteiger partial charge in [0, 0.05) is 30.2 Å². The lowest BCUT2D eigenvalue weighted by molar-refractivity contribution is 0.753. The maximum atomic E-state index is 6.11. The van der Waals surface area contributed by atoms with E-state index < -0.39 is 0 Å². The molecule has 0 fully saturated rings. The molecule has 0 aromatic heterocycles. The van der Waals surface area contributed by atoms with E-state index in [1.54, 1.807) is 19.2 Å². The van der Waals surface area contributed by atoms with Crippen molar-refractivity contribution in [3.05, 3.63) is 46.5 Å². The number of hydrogen-bond acceptors (Lipinski definition) is 1. The second kappa shape index (κ2) is 8.83. The van der Waals surface area contributed by atoms with Gasteiger partial charge in [-0.3, -0.25) is 4.99 Å². The number of nitrogens with one attached hydrogen (secondary N) is 2. The zero-order valence-electron chi connectivity index (χ0n) is 11.0. The monoisotopic (exact) mass is 299 g/mol. The van der Waals surface area contributed by atoms with Crippen LogP contribution in [0, 0.1) is 0 Å². The number of guanidine groups is 1. The Bertz CT molecular complexity index is 444. The molecule has 104 valence electrons. The van der Waals surface area contributed by atoms with Crippen molar-refractivity contribution in [3.63, 3.8) is 0 Å². The predicted molar refractivity (Wildman–Crippen MR) is 84.3 cm³/mol. The zero-order chi connectivity index (χ0) is 14.1. The normalized spacial score (nSPS) is 11.2. The van der Waals surface area contributed by atoms with Gasteiger partial charge in [-0.2, -0.15) is 0 Å². The van der Waals surface area contributed by atoms with E-state index in [0.717, 1.165) is 35.9 Å². The lowest BCUT2D eigenvalue weighted by Gasteiger charge is -2.10. The highest BCUT2D eigenvalue weighted by Gasteiger charge is 2.01. The summed E-state index contributed by atoms with van der Waals surface area (Å²) < 4.78 is 0. The van der Waals surface area contributed by atoms with Crippen molar-refractivity contribution in [1.82, 2.24) is 10.6 Å². The summed E-state index contributed by atoms with van der Waals surface area (Å²) in [7, 11) is 1.74. The molecule has 1 aromatic carbocycles. The van der Waals surface area contributed by atoms with E-state index >= 15 is 0 Å². The number of halogens is 2. The topological polar surface area (TPSA) is 36.4 Å². The largest absolute Gasteiger partial charge is 0.356 e. The lowest BCUT2D eigenvalue weighted by Crippen LogP contribution is -2.37. The van der Waals surface area contributed by atoms with Crippen molar-refractivity contribution in [2.75, 3.05) is 20.1 Å². The van der Waals surface area contributed by atoms with E-state index in [2.05, 4.69) is 22.2 Å². The van der Waals surface area contributed by atoms with E-state index in [0.29, 0.717) is 11.6 Å². The molecule has 0 unspecified atom stereocenters. The average molecular weight is 300 g/mol. The Morgan fingerprint density at radius 1 is 1.37 bits per heavy atom. The van der Waals surface area contributed by atoms with Crippen LogP contribution in [-0.4, -0.2) is 26.1 Å². The minimum atomic E-state index is 0.668. The summed E-state index contributed by atoms with van der Waals surface area (Å²) in [5.41, 5.74) is 1.11. The molecule has 1 aromatic rings. The van der Waals surface area contributed by atoms with Crippen LogP contribution in [0.4, 0.5) is 0 Å². The Morgan fingerprint density at radius 2 is 2.16 bits per heavy atom. The van der Waals surface area contributed by atoms with Crippen molar-refractivity contribution in [1.29, 1.82) is 0 Å². The number of aryl methyl sites for hydroxylation is 1. The third-order valence-corrected chi connectivity index (χ3v) is 3.15.